The number of nitrogens with zero attached hydrogens (tertiary/aromatic N) is 1. The van der Waals surface area contributed by atoms with Gasteiger partial charge in [-0.25, -0.2) is 0 Å². The molecule has 0 aromatic heterocycles. The van der Waals surface area contributed by atoms with E-state index in [-0.39, 0.29) is 24.5 Å². The summed E-state index contributed by atoms with van der Waals surface area (Å²) < 4.78 is 12.3. The lowest BCUT2D eigenvalue weighted by Crippen LogP contribution is -2.46. The molecule has 1 saturated heterocycles. The lowest BCUT2D eigenvalue weighted by Gasteiger charge is -2.42. The third kappa shape index (κ3) is 3.85. The van der Waals surface area contributed by atoms with E-state index in [1.165, 1.54) is 0 Å². The predicted octanol–water partition coefficient (Wildman–Crippen LogP) is 3.87. The number of carbonyl (C=O) groups excluding carboxylic acids is 2. The van der Waals surface area contributed by atoms with Crippen molar-refractivity contribution < 1.29 is 19.1 Å². The number of nitrogens with one attached hydrogen (secondary N) is 1. The van der Waals surface area contributed by atoms with Gasteiger partial charge in [0.2, 0.25) is 5.91 Å². The molecule has 0 aliphatic carbocycles. The number of para-hydroxylation sites is 2. The highest BCUT2D eigenvalue weighted by atomic mass is 16.5. The molecule has 1 spiro atoms. The lowest BCUT2D eigenvalue weighted by molar-refractivity contribution is -0.130. The molecule has 0 radical (unpaired) electrons. The standard InChI is InChI=1S/C26H28N2O4/c1-2-28-14-13-26(12-11-24(28)29)16-21(20-8-4-6-10-23(20)32-26)27-25(30)19-15-18-7-3-5-9-22(18)31-17-19/h3-10,15,21H,2,11-14,16-17H2,1H3,(H,27,30). The minimum absolute atomic E-state index is 0.128. The van der Waals surface area contributed by atoms with Gasteiger partial charge in [0.15, 0.2) is 0 Å². The highest BCUT2D eigenvalue weighted by molar-refractivity contribution is 5.99. The van der Waals surface area contributed by atoms with Gasteiger partial charge >= 0.3 is 0 Å². The first-order valence-corrected chi connectivity index (χ1v) is 11.4. The summed E-state index contributed by atoms with van der Waals surface area (Å²) in [5, 5.41) is 3.24. The zero-order valence-corrected chi connectivity index (χ0v) is 18.3. The normalized spacial score (nSPS) is 24.4. The molecule has 2 atom stereocenters. The summed E-state index contributed by atoms with van der Waals surface area (Å²) in [6.45, 7) is 3.64. The maximum atomic E-state index is 13.2. The van der Waals surface area contributed by atoms with Crippen molar-refractivity contribution in [2.24, 2.45) is 0 Å². The minimum atomic E-state index is -0.462. The molecule has 2 aromatic rings. The lowest BCUT2D eigenvalue weighted by atomic mass is 9.82. The fourth-order valence-corrected chi connectivity index (χ4v) is 4.97. The number of hydrogen-bond acceptors (Lipinski definition) is 4. The number of carbonyl (C=O) groups is 2. The molecule has 166 valence electrons. The Morgan fingerprint density at radius 3 is 2.75 bits per heavy atom. The van der Waals surface area contributed by atoms with Crippen molar-refractivity contribution >= 4 is 17.9 Å². The average molecular weight is 433 g/mol. The van der Waals surface area contributed by atoms with E-state index < -0.39 is 5.60 Å². The second-order valence-corrected chi connectivity index (χ2v) is 8.77. The molecule has 32 heavy (non-hydrogen) atoms. The van der Waals surface area contributed by atoms with Gasteiger partial charge in [-0.15, -0.1) is 0 Å². The van der Waals surface area contributed by atoms with Crippen molar-refractivity contribution in [2.75, 3.05) is 19.7 Å². The Balaban J connectivity index is 1.40. The minimum Gasteiger partial charge on any atom is -0.488 e. The third-order valence-corrected chi connectivity index (χ3v) is 6.79. The molecule has 2 amide bonds. The van der Waals surface area contributed by atoms with Crippen LogP contribution in [0.4, 0.5) is 0 Å². The van der Waals surface area contributed by atoms with Gasteiger partial charge in [0.25, 0.3) is 5.91 Å². The van der Waals surface area contributed by atoms with Crippen LogP contribution in [0.25, 0.3) is 6.08 Å². The second kappa shape index (κ2) is 8.34. The molecule has 0 bridgehead atoms. The number of ether oxygens (including phenoxy) is 2. The van der Waals surface area contributed by atoms with Crippen LogP contribution in [0.1, 0.15) is 49.8 Å². The highest BCUT2D eigenvalue weighted by Crippen LogP contribution is 2.44. The maximum Gasteiger partial charge on any atom is 0.251 e. The van der Waals surface area contributed by atoms with Gasteiger partial charge in [0, 0.05) is 43.5 Å². The van der Waals surface area contributed by atoms with Gasteiger partial charge in [0.1, 0.15) is 23.7 Å². The number of hydrogen-bond donors (Lipinski definition) is 1. The third-order valence-electron chi connectivity index (χ3n) is 6.79. The molecule has 1 N–H and O–H groups in total. The van der Waals surface area contributed by atoms with E-state index >= 15 is 0 Å². The van der Waals surface area contributed by atoms with Gasteiger partial charge in [-0.2, -0.15) is 0 Å². The first-order chi connectivity index (χ1) is 15.6. The molecule has 5 rings (SSSR count). The Morgan fingerprint density at radius 1 is 1.12 bits per heavy atom. The molecule has 3 heterocycles. The van der Waals surface area contributed by atoms with Crippen LogP contribution in [-0.4, -0.2) is 42.0 Å². The summed E-state index contributed by atoms with van der Waals surface area (Å²) >= 11 is 0. The van der Waals surface area contributed by atoms with E-state index in [9.17, 15) is 9.59 Å². The van der Waals surface area contributed by atoms with Gasteiger partial charge in [-0.3, -0.25) is 9.59 Å². The summed E-state index contributed by atoms with van der Waals surface area (Å²) in [4.78, 5) is 27.6. The summed E-state index contributed by atoms with van der Waals surface area (Å²) in [6, 6.07) is 15.4. The smallest absolute Gasteiger partial charge is 0.251 e. The largest absolute Gasteiger partial charge is 0.488 e. The van der Waals surface area contributed by atoms with Crippen LogP contribution in [0.15, 0.2) is 54.1 Å². The van der Waals surface area contributed by atoms with Crippen LogP contribution < -0.4 is 14.8 Å². The molecule has 6 nitrogen and oxygen atoms in total. The summed E-state index contributed by atoms with van der Waals surface area (Å²) in [6.07, 6.45) is 4.42. The van der Waals surface area contributed by atoms with Gasteiger partial charge < -0.3 is 19.7 Å². The van der Waals surface area contributed by atoms with E-state index in [2.05, 4.69) is 5.32 Å². The van der Waals surface area contributed by atoms with Gasteiger partial charge in [-0.05, 0) is 31.6 Å². The molecular weight excluding hydrogens is 404 g/mol. The van der Waals surface area contributed by atoms with E-state index in [0.717, 1.165) is 29.0 Å². The van der Waals surface area contributed by atoms with Crippen LogP contribution in [-0.2, 0) is 9.59 Å². The number of benzene rings is 2. The molecule has 2 aromatic carbocycles. The Hall–Kier alpha value is -3.28. The van der Waals surface area contributed by atoms with E-state index in [1.807, 2.05) is 66.4 Å². The van der Waals surface area contributed by atoms with Crippen molar-refractivity contribution in [2.45, 2.75) is 44.2 Å². The second-order valence-electron chi connectivity index (χ2n) is 8.77. The van der Waals surface area contributed by atoms with Crippen LogP contribution >= 0.6 is 0 Å². The SMILES string of the molecule is CCN1CCC2(CCC1=O)CC(NC(=O)C1=Cc3ccccc3OC1)c1ccccc1O2. The zero-order chi connectivity index (χ0) is 22.1. The molecule has 3 aliphatic rings. The molecular formula is C26H28N2O4. The number of rotatable bonds is 3. The number of amides is 2. The zero-order valence-electron chi connectivity index (χ0n) is 18.3. The van der Waals surface area contributed by atoms with Crippen LogP contribution in [0.3, 0.4) is 0 Å². The monoisotopic (exact) mass is 432 g/mol. The van der Waals surface area contributed by atoms with Crippen molar-refractivity contribution in [1.82, 2.24) is 10.2 Å². The van der Waals surface area contributed by atoms with Crippen LogP contribution in [0.5, 0.6) is 11.5 Å². The first-order valence-electron chi connectivity index (χ1n) is 11.4. The Kier molecular flexibility index (Phi) is 5.37. The maximum absolute atomic E-state index is 13.2. The van der Waals surface area contributed by atoms with Gasteiger partial charge in [-0.1, -0.05) is 36.4 Å². The quantitative estimate of drug-likeness (QED) is 0.800. The summed E-state index contributed by atoms with van der Waals surface area (Å²) in [7, 11) is 0. The van der Waals surface area contributed by atoms with Crippen molar-refractivity contribution in [3.63, 3.8) is 0 Å². The predicted molar refractivity (Wildman–Crippen MR) is 121 cm³/mol. The Morgan fingerprint density at radius 2 is 1.91 bits per heavy atom. The molecule has 2 unspecified atom stereocenters. The molecule has 6 heteroatoms. The summed E-state index contributed by atoms with van der Waals surface area (Å²) in [5.41, 5.74) is 2.03. The summed E-state index contributed by atoms with van der Waals surface area (Å²) in [5.74, 6) is 1.63. The van der Waals surface area contributed by atoms with E-state index in [1.54, 1.807) is 0 Å². The Labute approximate surface area is 188 Å². The average Bonchev–Trinajstić information content (AvgIpc) is 2.97. The van der Waals surface area contributed by atoms with Crippen LogP contribution in [0, 0.1) is 0 Å². The van der Waals surface area contributed by atoms with Crippen LogP contribution in [0.2, 0.25) is 0 Å². The van der Waals surface area contributed by atoms with Crippen molar-refractivity contribution in [1.29, 1.82) is 0 Å². The Bertz CT molecular complexity index is 1080. The van der Waals surface area contributed by atoms with Crippen molar-refractivity contribution in [3.05, 3.63) is 65.2 Å². The topological polar surface area (TPSA) is 67.9 Å². The van der Waals surface area contributed by atoms with E-state index in [0.29, 0.717) is 37.9 Å². The van der Waals surface area contributed by atoms with E-state index in [4.69, 9.17) is 9.47 Å². The highest BCUT2D eigenvalue weighted by Gasteiger charge is 2.43. The fraction of sp³-hybridized carbons (Fsp3) is 0.385. The molecule has 1 fully saturated rings. The fourth-order valence-electron chi connectivity index (χ4n) is 4.97. The van der Waals surface area contributed by atoms with Crippen molar-refractivity contribution in [3.8, 4) is 11.5 Å². The van der Waals surface area contributed by atoms with Gasteiger partial charge in [0.05, 0.1) is 11.6 Å². The number of fused-ring (bicyclic) bond motifs is 2. The molecule has 0 saturated carbocycles. The number of likely N-dealkylation sites (tertiary alicyclic amines) is 1. The molecule has 3 aliphatic heterocycles. The first kappa shape index (κ1) is 20.6.